The van der Waals surface area contributed by atoms with E-state index in [1.165, 1.54) is 7.11 Å². The summed E-state index contributed by atoms with van der Waals surface area (Å²) < 4.78 is 11.4. The Morgan fingerprint density at radius 2 is 1.96 bits per heavy atom. The maximum atomic E-state index is 12.9. The summed E-state index contributed by atoms with van der Waals surface area (Å²) in [5, 5.41) is 0. The highest BCUT2D eigenvalue weighted by Gasteiger charge is 2.30. The molecule has 5 nitrogen and oxygen atoms in total. The van der Waals surface area contributed by atoms with Gasteiger partial charge in [0.05, 0.1) is 17.1 Å². The maximum Gasteiger partial charge on any atom is 0.337 e. The Balaban J connectivity index is 1.76. The van der Waals surface area contributed by atoms with Crippen molar-refractivity contribution in [1.82, 2.24) is 0 Å². The van der Waals surface area contributed by atoms with Crippen molar-refractivity contribution in [2.24, 2.45) is 0 Å². The molecule has 0 radical (unpaired) electrons. The van der Waals surface area contributed by atoms with Gasteiger partial charge in [0.15, 0.2) is 6.10 Å². The van der Waals surface area contributed by atoms with Gasteiger partial charge in [-0.3, -0.25) is 4.79 Å². The summed E-state index contributed by atoms with van der Waals surface area (Å²) in [7, 11) is 1.35. The van der Waals surface area contributed by atoms with E-state index >= 15 is 0 Å². The minimum atomic E-state index is -0.625. The van der Waals surface area contributed by atoms with E-state index in [1.54, 1.807) is 30.0 Å². The van der Waals surface area contributed by atoms with Crippen LogP contribution >= 0.6 is 15.9 Å². The van der Waals surface area contributed by atoms with Crippen molar-refractivity contribution in [3.05, 3.63) is 57.6 Å². The van der Waals surface area contributed by atoms with Crippen molar-refractivity contribution in [3.8, 4) is 5.75 Å². The van der Waals surface area contributed by atoms with Crippen LogP contribution in [0.3, 0.4) is 0 Å². The van der Waals surface area contributed by atoms with Crippen LogP contribution in [0.15, 0.2) is 40.9 Å². The lowest BCUT2D eigenvalue weighted by Crippen LogP contribution is -2.39. The molecule has 2 aromatic rings. The average molecular weight is 418 g/mol. The highest BCUT2D eigenvalue weighted by Crippen LogP contribution is 2.31. The first-order valence-electron chi connectivity index (χ1n) is 8.36. The van der Waals surface area contributed by atoms with Crippen LogP contribution in [0.2, 0.25) is 0 Å². The molecule has 6 heteroatoms. The normalized spacial score (nSPS) is 13.9. The Kier molecular flexibility index (Phi) is 5.32. The molecule has 3 rings (SSSR count). The maximum absolute atomic E-state index is 12.9. The second kappa shape index (κ2) is 7.50. The number of benzene rings is 2. The van der Waals surface area contributed by atoms with Crippen molar-refractivity contribution < 1.29 is 19.1 Å². The first-order chi connectivity index (χ1) is 12.4. The molecular formula is C20H20BrNO4. The summed E-state index contributed by atoms with van der Waals surface area (Å²) >= 11 is 3.47. The molecule has 0 fully saturated rings. The van der Waals surface area contributed by atoms with E-state index in [0.717, 1.165) is 21.3 Å². The largest absolute Gasteiger partial charge is 0.480 e. The molecule has 2 aromatic carbocycles. The van der Waals surface area contributed by atoms with Crippen molar-refractivity contribution >= 4 is 33.5 Å². The summed E-state index contributed by atoms with van der Waals surface area (Å²) in [4.78, 5) is 26.2. The van der Waals surface area contributed by atoms with Crippen molar-refractivity contribution in [1.29, 1.82) is 0 Å². The third kappa shape index (κ3) is 3.60. The Bertz CT molecular complexity index is 865. The smallest absolute Gasteiger partial charge is 0.337 e. The van der Waals surface area contributed by atoms with E-state index in [9.17, 15) is 9.59 Å². The van der Waals surface area contributed by atoms with Crippen LogP contribution in [0.25, 0.3) is 0 Å². The van der Waals surface area contributed by atoms with Gasteiger partial charge in [-0.05, 0) is 77.7 Å². The SMILES string of the molecule is COC(=O)c1ccc2c(c1)CCN2C(=O)C(C)Oc1ccc(C)cc1Br. The minimum Gasteiger partial charge on any atom is -0.480 e. The molecule has 0 spiro atoms. The summed E-state index contributed by atoms with van der Waals surface area (Å²) in [6, 6.07) is 11.0. The summed E-state index contributed by atoms with van der Waals surface area (Å²) in [6.45, 7) is 4.31. The van der Waals surface area contributed by atoms with E-state index < -0.39 is 6.10 Å². The van der Waals surface area contributed by atoms with Crippen LogP contribution in [0.1, 0.15) is 28.4 Å². The molecule has 0 saturated heterocycles. The number of ether oxygens (including phenoxy) is 2. The first-order valence-corrected chi connectivity index (χ1v) is 9.15. The number of hydrogen-bond acceptors (Lipinski definition) is 4. The Morgan fingerprint density at radius 1 is 1.19 bits per heavy atom. The highest BCUT2D eigenvalue weighted by molar-refractivity contribution is 9.10. The zero-order valence-corrected chi connectivity index (χ0v) is 16.5. The molecule has 1 amide bonds. The Morgan fingerprint density at radius 3 is 2.65 bits per heavy atom. The minimum absolute atomic E-state index is 0.109. The predicted molar refractivity (Wildman–Crippen MR) is 103 cm³/mol. The number of carbonyl (C=O) groups excluding carboxylic acids is 2. The van der Waals surface area contributed by atoms with Crippen molar-refractivity contribution in [2.75, 3.05) is 18.6 Å². The topological polar surface area (TPSA) is 55.8 Å². The van der Waals surface area contributed by atoms with Gasteiger partial charge in [0.25, 0.3) is 5.91 Å². The molecule has 1 atom stereocenters. The number of anilines is 1. The van der Waals surface area contributed by atoms with E-state index in [0.29, 0.717) is 24.3 Å². The number of carbonyl (C=O) groups is 2. The third-order valence-electron chi connectivity index (χ3n) is 4.40. The molecular weight excluding hydrogens is 398 g/mol. The Hall–Kier alpha value is -2.34. The lowest BCUT2D eigenvalue weighted by atomic mass is 10.1. The number of hydrogen-bond donors (Lipinski definition) is 0. The van der Waals surface area contributed by atoms with Gasteiger partial charge in [-0.25, -0.2) is 4.79 Å². The molecule has 0 aliphatic carbocycles. The molecule has 1 unspecified atom stereocenters. The molecule has 26 heavy (non-hydrogen) atoms. The zero-order chi connectivity index (χ0) is 18.8. The molecule has 0 saturated carbocycles. The summed E-state index contributed by atoms with van der Waals surface area (Å²) in [5.41, 5.74) is 3.39. The number of amides is 1. The quantitative estimate of drug-likeness (QED) is 0.707. The first kappa shape index (κ1) is 18.5. The van der Waals surface area contributed by atoms with Crippen LogP contribution in [0.5, 0.6) is 5.75 Å². The second-order valence-electron chi connectivity index (χ2n) is 6.27. The fourth-order valence-corrected chi connectivity index (χ4v) is 3.62. The van der Waals surface area contributed by atoms with Gasteiger partial charge >= 0.3 is 5.97 Å². The standard InChI is InChI=1S/C20H20BrNO4/c1-12-4-7-18(16(21)10-12)26-13(2)19(23)22-9-8-14-11-15(20(24)25-3)5-6-17(14)22/h4-7,10-11,13H,8-9H2,1-3H3. The van der Waals surface area contributed by atoms with Gasteiger partial charge in [-0.1, -0.05) is 6.07 Å². The van der Waals surface area contributed by atoms with Gasteiger partial charge in [0.2, 0.25) is 0 Å². The number of rotatable bonds is 4. The van der Waals surface area contributed by atoms with E-state index in [2.05, 4.69) is 15.9 Å². The molecule has 1 heterocycles. The van der Waals surface area contributed by atoms with Gasteiger partial charge in [-0.2, -0.15) is 0 Å². The molecule has 136 valence electrons. The van der Waals surface area contributed by atoms with Gasteiger partial charge in [0.1, 0.15) is 5.75 Å². The van der Waals surface area contributed by atoms with Crippen LogP contribution in [-0.4, -0.2) is 31.6 Å². The van der Waals surface area contributed by atoms with Crippen molar-refractivity contribution in [3.63, 3.8) is 0 Å². The molecule has 0 N–H and O–H groups in total. The second-order valence-corrected chi connectivity index (χ2v) is 7.12. The number of nitrogens with zero attached hydrogens (tertiary/aromatic N) is 1. The number of aryl methyl sites for hydroxylation is 1. The average Bonchev–Trinajstić information content (AvgIpc) is 3.05. The monoisotopic (exact) mass is 417 g/mol. The number of methoxy groups -OCH3 is 1. The summed E-state index contributed by atoms with van der Waals surface area (Å²) in [5.74, 6) is 0.150. The van der Waals surface area contributed by atoms with E-state index in [4.69, 9.17) is 9.47 Å². The third-order valence-corrected chi connectivity index (χ3v) is 5.02. The van der Waals surface area contributed by atoms with Gasteiger partial charge < -0.3 is 14.4 Å². The zero-order valence-electron chi connectivity index (χ0n) is 14.9. The number of fused-ring (bicyclic) bond motifs is 1. The van der Waals surface area contributed by atoms with Gasteiger partial charge in [-0.15, -0.1) is 0 Å². The van der Waals surface area contributed by atoms with Crippen LogP contribution in [0, 0.1) is 6.92 Å². The fourth-order valence-electron chi connectivity index (χ4n) is 3.04. The van der Waals surface area contributed by atoms with Crippen molar-refractivity contribution in [2.45, 2.75) is 26.4 Å². The lowest BCUT2D eigenvalue weighted by molar-refractivity contribution is -0.124. The Labute approximate surface area is 161 Å². The fraction of sp³-hybridized carbons (Fsp3) is 0.300. The predicted octanol–water partition coefficient (Wildman–Crippen LogP) is 3.90. The van der Waals surface area contributed by atoms with Gasteiger partial charge in [0, 0.05) is 12.2 Å². The van der Waals surface area contributed by atoms with Crippen LogP contribution in [0.4, 0.5) is 5.69 Å². The van der Waals surface area contributed by atoms with Crippen LogP contribution < -0.4 is 9.64 Å². The molecule has 0 aromatic heterocycles. The molecule has 1 aliphatic rings. The summed E-state index contributed by atoms with van der Waals surface area (Å²) in [6.07, 6.45) is 0.0765. The molecule has 1 aliphatic heterocycles. The van der Waals surface area contributed by atoms with Crippen LogP contribution in [-0.2, 0) is 16.0 Å². The molecule has 0 bridgehead atoms. The number of halogens is 1. The van der Waals surface area contributed by atoms with E-state index in [1.807, 2.05) is 25.1 Å². The van der Waals surface area contributed by atoms with E-state index in [-0.39, 0.29) is 11.9 Å². The highest BCUT2D eigenvalue weighted by atomic mass is 79.9. The lowest BCUT2D eigenvalue weighted by Gasteiger charge is -2.23. The number of esters is 1.